The first kappa shape index (κ1) is 22.8. The molecule has 0 aliphatic rings. The Balaban J connectivity index is 2.09. The second-order valence-electron chi connectivity index (χ2n) is 6.79. The number of imidazole rings is 1. The normalized spacial score (nSPS) is 12.4. The number of carbonyl (C=O) groups excluding carboxylic acids is 2. The van der Waals surface area contributed by atoms with Gasteiger partial charge in [0.15, 0.2) is 11.8 Å². The number of anilines is 1. The van der Waals surface area contributed by atoms with Crippen LogP contribution in [0.3, 0.4) is 0 Å². The number of benzene rings is 2. The molecule has 1 aromatic heterocycles. The fraction of sp³-hybridized carbons (Fsp3) is 0.304. The summed E-state index contributed by atoms with van der Waals surface area (Å²) in [4.78, 5) is 44.9. The lowest BCUT2D eigenvalue weighted by Crippen LogP contribution is -2.43. The Bertz CT molecular complexity index is 1180. The first-order valence-electron chi connectivity index (χ1n) is 10.4. The molecule has 9 nitrogen and oxygen atoms in total. The molecule has 0 aliphatic carbocycles. The summed E-state index contributed by atoms with van der Waals surface area (Å²) >= 11 is 0. The number of hydrogen-bond acceptors (Lipinski definition) is 7. The van der Waals surface area contributed by atoms with Crippen LogP contribution in [0.25, 0.3) is 11.0 Å². The Hall–Kier alpha value is -3.88. The number of hydrogen-bond donors (Lipinski definition) is 2. The molecule has 1 atom stereocenters. The Labute approximate surface area is 185 Å². The Morgan fingerprint density at radius 2 is 1.78 bits per heavy atom. The molecule has 0 spiro atoms. The van der Waals surface area contributed by atoms with Gasteiger partial charge in [0, 0.05) is 12.2 Å². The van der Waals surface area contributed by atoms with E-state index >= 15 is 0 Å². The quantitative estimate of drug-likeness (QED) is 0.392. The number of aromatic amines is 1. The smallest absolute Gasteiger partial charge is 0.355 e. The van der Waals surface area contributed by atoms with Gasteiger partial charge in [0.25, 0.3) is 0 Å². The number of esters is 2. The number of aliphatic imine (C=N–C) groups is 1. The van der Waals surface area contributed by atoms with Crippen LogP contribution in [0.5, 0.6) is 0 Å². The largest absolute Gasteiger partial charge is 0.464 e. The van der Waals surface area contributed by atoms with E-state index in [1.807, 2.05) is 13.0 Å². The van der Waals surface area contributed by atoms with E-state index in [9.17, 15) is 14.4 Å². The molecule has 0 aliphatic heterocycles. The summed E-state index contributed by atoms with van der Waals surface area (Å²) in [5.41, 5.74) is 1.91. The first-order valence-corrected chi connectivity index (χ1v) is 10.4. The van der Waals surface area contributed by atoms with Gasteiger partial charge in [-0.1, -0.05) is 18.2 Å². The Morgan fingerprint density at radius 3 is 2.44 bits per heavy atom. The Morgan fingerprint density at radius 1 is 1.06 bits per heavy atom. The molecule has 0 radical (unpaired) electrons. The lowest BCUT2D eigenvalue weighted by Gasteiger charge is -2.19. The van der Waals surface area contributed by atoms with Crippen molar-refractivity contribution in [1.82, 2.24) is 9.55 Å². The molecule has 32 heavy (non-hydrogen) atoms. The van der Waals surface area contributed by atoms with Crippen LogP contribution in [0.15, 0.2) is 58.3 Å². The summed E-state index contributed by atoms with van der Waals surface area (Å²) < 4.78 is 11.9. The molecule has 0 bridgehead atoms. The van der Waals surface area contributed by atoms with E-state index in [-0.39, 0.29) is 24.6 Å². The van der Waals surface area contributed by atoms with E-state index in [0.29, 0.717) is 23.4 Å². The van der Waals surface area contributed by atoms with Gasteiger partial charge < -0.3 is 19.8 Å². The van der Waals surface area contributed by atoms with Crippen molar-refractivity contribution in [3.63, 3.8) is 0 Å². The van der Waals surface area contributed by atoms with Crippen LogP contribution < -0.4 is 11.0 Å². The van der Waals surface area contributed by atoms with Gasteiger partial charge in [-0.25, -0.2) is 19.4 Å². The first-order chi connectivity index (χ1) is 15.5. The van der Waals surface area contributed by atoms with Crippen LogP contribution in [-0.2, 0) is 25.6 Å². The zero-order valence-electron chi connectivity index (χ0n) is 18.3. The van der Waals surface area contributed by atoms with Gasteiger partial charge in [-0.2, -0.15) is 0 Å². The Kier molecular flexibility index (Phi) is 7.43. The molecule has 9 heteroatoms. The van der Waals surface area contributed by atoms with Gasteiger partial charge in [0.05, 0.1) is 29.9 Å². The zero-order chi connectivity index (χ0) is 23.1. The van der Waals surface area contributed by atoms with Gasteiger partial charge in [-0.05, 0) is 51.1 Å². The molecule has 1 unspecified atom stereocenters. The fourth-order valence-corrected chi connectivity index (χ4v) is 3.27. The van der Waals surface area contributed by atoms with Gasteiger partial charge in [0.1, 0.15) is 0 Å². The minimum atomic E-state index is -1.19. The molecule has 0 amide bonds. The highest BCUT2D eigenvalue weighted by Crippen LogP contribution is 2.21. The van der Waals surface area contributed by atoms with Crippen LogP contribution >= 0.6 is 0 Å². The molecule has 1 heterocycles. The topological polar surface area (TPSA) is 115 Å². The number of aryl methyl sites for hydroxylation is 1. The maximum atomic E-state index is 12.8. The summed E-state index contributed by atoms with van der Waals surface area (Å²) in [7, 11) is 0. The second kappa shape index (κ2) is 10.4. The minimum Gasteiger partial charge on any atom is -0.464 e. The van der Waals surface area contributed by atoms with E-state index < -0.39 is 18.0 Å². The van der Waals surface area contributed by atoms with Crippen molar-refractivity contribution in [1.29, 1.82) is 0 Å². The summed E-state index contributed by atoms with van der Waals surface area (Å²) in [6.07, 6.45) is 0. The van der Waals surface area contributed by atoms with Crippen molar-refractivity contribution in [3.8, 4) is 0 Å². The number of H-pyrrole nitrogens is 1. The predicted octanol–water partition coefficient (Wildman–Crippen LogP) is 3.03. The number of ether oxygens (including phenoxy) is 2. The number of para-hydroxylation sites is 1. The van der Waals surface area contributed by atoms with Crippen molar-refractivity contribution in [2.24, 2.45) is 4.99 Å². The lowest BCUT2D eigenvalue weighted by atomic mass is 10.1. The van der Waals surface area contributed by atoms with Crippen molar-refractivity contribution in [2.45, 2.75) is 33.4 Å². The molecule has 2 N–H and O–H groups in total. The van der Waals surface area contributed by atoms with Crippen LogP contribution in [0.4, 0.5) is 11.4 Å². The lowest BCUT2D eigenvalue weighted by molar-refractivity contribution is -0.144. The van der Waals surface area contributed by atoms with Gasteiger partial charge >= 0.3 is 17.6 Å². The van der Waals surface area contributed by atoms with Crippen LogP contribution in [-0.4, -0.2) is 46.5 Å². The SMILES string of the molecule is CCOC(=O)C(=Nc1ccc2c(c1)[nH]c(=O)n2CC)C(Nc1ccccc1)C(=O)OCC. The van der Waals surface area contributed by atoms with Crippen molar-refractivity contribution in [2.75, 3.05) is 18.5 Å². The molecular formula is C23H26N4O5. The molecule has 2 aromatic carbocycles. The number of nitrogens with zero attached hydrogens (tertiary/aromatic N) is 2. The van der Waals surface area contributed by atoms with Gasteiger partial charge in [0.2, 0.25) is 0 Å². The van der Waals surface area contributed by atoms with E-state index in [2.05, 4.69) is 15.3 Å². The van der Waals surface area contributed by atoms with Crippen LogP contribution in [0.2, 0.25) is 0 Å². The molecule has 3 aromatic rings. The number of nitrogens with one attached hydrogen (secondary N) is 2. The summed E-state index contributed by atoms with van der Waals surface area (Å²) in [5.74, 6) is -1.40. The third-order valence-electron chi connectivity index (χ3n) is 4.69. The molecule has 3 rings (SSSR count). The highest BCUT2D eigenvalue weighted by Gasteiger charge is 2.32. The molecule has 0 saturated carbocycles. The monoisotopic (exact) mass is 438 g/mol. The average molecular weight is 438 g/mol. The molecule has 0 fully saturated rings. The highest BCUT2D eigenvalue weighted by molar-refractivity contribution is 6.43. The van der Waals surface area contributed by atoms with Crippen molar-refractivity contribution in [3.05, 3.63) is 59.0 Å². The second-order valence-corrected chi connectivity index (χ2v) is 6.79. The van der Waals surface area contributed by atoms with E-state index in [1.165, 1.54) is 0 Å². The third-order valence-corrected chi connectivity index (χ3v) is 4.69. The maximum Gasteiger partial charge on any atom is 0.355 e. The predicted molar refractivity (Wildman–Crippen MR) is 122 cm³/mol. The standard InChI is InChI=1S/C23H26N4O5/c1-4-27-18-13-12-16(14-17(18)26-23(27)30)25-20(22(29)32-6-3)19(21(28)31-5-2)24-15-10-8-7-9-11-15/h7-14,19,24H,4-6H2,1-3H3,(H,26,30). The molecular weight excluding hydrogens is 412 g/mol. The fourth-order valence-electron chi connectivity index (χ4n) is 3.27. The summed E-state index contributed by atoms with van der Waals surface area (Å²) in [6, 6.07) is 12.8. The minimum absolute atomic E-state index is 0.116. The number of rotatable bonds is 9. The number of aromatic nitrogens is 2. The molecule has 168 valence electrons. The third kappa shape index (κ3) is 5.05. The van der Waals surface area contributed by atoms with Gasteiger partial charge in [-0.15, -0.1) is 0 Å². The molecule has 0 saturated heterocycles. The maximum absolute atomic E-state index is 12.8. The summed E-state index contributed by atoms with van der Waals surface area (Å²) in [5, 5.41) is 3.01. The van der Waals surface area contributed by atoms with E-state index in [0.717, 1.165) is 5.52 Å². The average Bonchev–Trinajstić information content (AvgIpc) is 3.11. The van der Waals surface area contributed by atoms with Gasteiger partial charge in [-0.3, -0.25) is 4.57 Å². The van der Waals surface area contributed by atoms with E-state index in [4.69, 9.17) is 9.47 Å². The van der Waals surface area contributed by atoms with Crippen LogP contribution in [0.1, 0.15) is 20.8 Å². The van der Waals surface area contributed by atoms with Crippen LogP contribution in [0, 0.1) is 0 Å². The number of fused-ring (bicyclic) bond motifs is 1. The zero-order valence-corrected chi connectivity index (χ0v) is 18.3. The number of carbonyl (C=O) groups is 2. The van der Waals surface area contributed by atoms with Crippen molar-refractivity contribution >= 4 is 40.1 Å². The van der Waals surface area contributed by atoms with Crippen molar-refractivity contribution < 1.29 is 19.1 Å². The highest BCUT2D eigenvalue weighted by atomic mass is 16.5. The van der Waals surface area contributed by atoms with E-state index in [1.54, 1.807) is 60.9 Å². The summed E-state index contributed by atoms with van der Waals surface area (Å²) in [6.45, 7) is 6.00.